The van der Waals surface area contributed by atoms with Crippen LogP contribution in [0.4, 0.5) is 0 Å². The van der Waals surface area contributed by atoms with Crippen molar-refractivity contribution in [2.75, 3.05) is 13.2 Å². The summed E-state index contributed by atoms with van der Waals surface area (Å²) in [5.41, 5.74) is 0. The fourth-order valence-corrected chi connectivity index (χ4v) is 3.21. The SMILES string of the molecule is CCCO[P+]([Se])([Se])OCCC. The van der Waals surface area contributed by atoms with E-state index in [2.05, 4.69) is 45.0 Å². The number of hydrogen-bond donors (Lipinski definition) is 0. The van der Waals surface area contributed by atoms with Crippen LogP contribution in [0.5, 0.6) is 0 Å². The molecular formula is C6H14O2PSe2+. The van der Waals surface area contributed by atoms with E-state index in [0.717, 1.165) is 26.1 Å². The molecule has 0 atom stereocenters. The normalized spacial score (nSPS) is 12.0. The molecule has 2 radical (unpaired) electrons. The Hall–Kier alpha value is 1.39. The van der Waals surface area contributed by atoms with Crippen LogP contribution in [0.3, 0.4) is 0 Å². The minimum atomic E-state index is -1.73. The van der Waals surface area contributed by atoms with Gasteiger partial charge in [0.25, 0.3) is 0 Å². The predicted molar refractivity (Wildman–Crippen MR) is 50.9 cm³/mol. The summed E-state index contributed by atoms with van der Waals surface area (Å²) in [5.74, 6) is 0. The van der Waals surface area contributed by atoms with Crippen molar-refractivity contribution in [3.63, 3.8) is 0 Å². The van der Waals surface area contributed by atoms with Gasteiger partial charge in [-0.3, -0.25) is 0 Å². The first-order valence-corrected chi connectivity index (χ1v) is 9.78. The van der Waals surface area contributed by atoms with Gasteiger partial charge in [-0.15, -0.1) is 0 Å². The molecule has 0 bridgehead atoms. The molecule has 0 aliphatic heterocycles. The molecule has 0 saturated heterocycles. The van der Waals surface area contributed by atoms with Crippen molar-refractivity contribution in [3.8, 4) is 0 Å². The second-order valence-corrected chi connectivity index (χ2v) is 13.1. The molecule has 5 heteroatoms. The molecule has 0 aromatic carbocycles. The van der Waals surface area contributed by atoms with E-state index in [1.807, 2.05) is 0 Å². The maximum atomic E-state index is 5.46. The van der Waals surface area contributed by atoms with Crippen LogP contribution in [0.15, 0.2) is 0 Å². The molecule has 0 amide bonds. The summed E-state index contributed by atoms with van der Waals surface area (Å²) in [6.07, 6.45) is 2.06. The standard InChI is InChI=1S/C6H14O2PSe2/c1-3-5-7-9(10,11)8-6-4-2/h3-6H2,1-2H3/q+1. The van der Waals surface area contributed by atoms with E-state index in [1.165, 1.54) is 0 Å². The third-order valence-electron chi connectivity index (χ3n) is 0.907. The molecule has 0 aliphatic carbocycles. The van der Waals surface area contributed by atoms with Crippen LogP contribution in [0.1, 0.15) is 26.7 Å². The van der Waals surface area contributed by atoms with Gasteiger partial charge >= 0.3 is 85.2 Å². The van der Waals surface area contributed by atoms with Gasteiger partial charge in [-0.1, -0.05) is 0 Å². The van der Waals surface area contributed by atoms with Gasteiger partial charge in [0.15, 0.2) is 0 Å². The summed E-state index contributed by atoms with van der Waals surface area (Å²) >= 11 is 5.87. The summed E-state index contributed by atoms with van der Waals surface area (Å²) in [5, 5.41) is -1.73. The van der Waals surface area contributed by atoms with Gasteiger partial charge in [0, 0.05) is 0 Å². The summed E-state index contributed by atoms with van der Waals surface area (Å²) in [6, 6.07) is 0. The molecule has 0 unspecified atom stereocenters. The molecule has 0 rings (SSSR count). The Kier molecular flexibility index (Phi) is 7.72. The molecule has 0 spiro atoms. The topological polar surface area (TPSA) is 18.5 Å². The van der Waals surface area contributed by atoms with Gasteiger partial charge < -0.3 is 0 Å². The first-order chi connectivity index (χ1) is 5.12. The van der Waals surface area contributed by atoms with Crippen LogP contribution >= 0.6 is 5.10 Å². The van der Waals surface area contributed by atoms with Crippen molar-refractivity contribution < 1.29 is 9.05 Å². The maximum absolute atomic E-state index is 5.46. The fourth-order valence-electron chi connectivity index (χ4n) is 0.443. The second kappa shape index (κ2) is 6.86. The zero-order valence-electron chi connectivity index (χ0n) is 6.91. The van der Waals surface area contributed by atoms with Crippen molar-refractivity contribution in [2.24, 2.45) is 0 Å². The molecule has 0 N–H and O–H groups in total. The molecule has 0 aliphatic rings. The van der Waals surface area contributed by atoms with Crippen molar-refractivity contribution in [3.05, 3.63) is 0 Å². The Morgan fingerprint density at radius 1 is 1.00 bits per heavy atom. The van der Waals surface area contributed by atoms with Gasteiger partial charge in [-0.05, 0) is 0 Å². The van der Waals surface area contributed by atoms with E-state index in [0.29, 0.717) is 0 Å². The van der Waals surface area contributed by atoms with Crippen LogP contribution < -0.4 is 0 Å². The van der Waals surface area contributed by atoms with Crippen LogP contribution in [0.25, 0.3) is 0 Å². The summed E-state index contributed by atoms with van der Waals surface area (Å²) in [6.45, 7) is 5.69. The molecular weight excluding hydrogens is 293 g/mol. The van der Waals surface area contributed by atoms with Gasteiger partial charge in [0.2, 0.25) is 0 Å². The van der Waals surface area contributed by atoms with Crippen LogP contribution in [0.2, 0.25) is 0 Å². The van der Waals surface area contributed by atoms with Gasteiger partial charge in [0.05, 0.1) is 0 Å². The van der Waals surface area contributed by atoms with Crippen LogP contribution in [-0.4, -0.2) is 44.4 Å². The molecule has 2 nitrogen and oxygen atoms in total. The summed E-state index contributed by atoms with van der Waals surface area (Å²) in [7, 11) is 0. The van der Waals surface area contributed by atoms with Gasteiger partial charge in [-0.2, -0.15) is 0 Å². The average molecular weight is 307 g/mol. The Morgan fingerprint density at radius 3 is 1.64 bits per heavy atom. The van der Waals surface area contributed by atoms with E-state index in [1.54, 1.807) is 0 Å². The molecule has 0 saturated carbocycles. The van der Waals surface area contributed by atoms with Crippen molar-refractivity contribution in [2.45, 2.75) is 26.7 Å². The van der Waals surface area contributed by atoms with Crippen molar-refractivity contribution in [1.82, 2.24) is 0 Å². The first kappa shape index (κ1) is 12.4. The van der Waals surface area contributed by atoms with Crippen molar-refractivity contribution >= 4 is 36.2 Å². The van der Waals surface area contributed by atoms with Crippen LogP contribution in [-0.2, 0) is 9.05 Å². The minimum absolute atomic E-state index is 0.761. The second-order valence-electron chi connectivity index (χ2n) is 2.11. The third-order valence-corrected chi connectivity index (χ3v) is 4.56. The predicted octanol–water partition coefficient (Wildman–Crippen LogP) is 1.85. The van der Waals surface area contributed by atoms with E-state index in [4.69, 9.17) is 9.05 Å². The quantitative estimate of drug-likeness (QED) is 0.551. The fraction of sp³-hybridized carbons (Fsp3) is 1.00. The Labute approximate surface area is 85.1 Å². The zero-order valence-corrected chi connectivity index (χ0v) is 11.2. The van der Waals surface area contributed by atoms with E-state index >= 15 is 0 Å². The third kappa shape index (κ3) is 7.74. The van der Waals surface area contributed by atoms with Gasteiger partial charge in [-0.25, -0.2) is 0 Å². The average Bonchev–Trinajstić information content (AvgIpc) is 1.97. The Morgan fingerprint density at radius 2 is 1.36 bits per heavy atom. The Balaban J connectivity index is 3.43. The molecule has 0 heterocycles. The zero-order chi connectivity index (χ0) is 8.74. The molecule has 0 fully saturated rings. The van der Waals surface area contributed by atoms with E-state index < -0.39 is 5.10 Å². The van der Waals surface area contributed by atoms with E-state index in [9.17, 15) is 0 Å². The summed E-state index contributed by atoms with van der Waals surface area (Å²) in [4.78, 5) is 0. The van der Waals surface area contributed by atoms with E-state index in [-0.39, 0.29) is 0 Å². The monoisotopic (exact) mass is 309 g/mol. The Bertz CT molecular complexity index is 90.6. The first-order valence-electron chi connectivity index (χ1n) is 3.72. The molecule has 0 aromatic rings. The number of rotatable bonds is 6. The van der Waals surface area contributed by atoms with Crippen LogP contribution in [0, 0.1) is 0 Å². The molecule has 66 valence electrons. The number of hydrogen-bond acceptors (Lipinski definition) is 2. The van der Waals surface area contributed by atoms with Gasteiger partial charge in [0.1, 0.15) is 0 Å². The summed E-state index contributed by atoms with van der Waals surface area (Å²) < 4.78 is 10.9. The molecule has 0 aromatic heterocycles. The van der Waals surface area contributed by atoms with Crippen molar-refractivity contribution in [1.29, 1.82) is 0 Å². The molecule has 11 heavy (non-hydrogen) atoms.